The van der Waals surface area contributed by atoms with Crippen molar-refractivity contribution in [2.75, 3.05) is 13.1 Å². The number of piperidine rings is 1. The smallest absolute Gasteiger partial charge is 0.272 e. The predicted octanol–water partition coefficient (Wildman–Crippen LogP) is 2.23. The maximum atomic E-state index is 12.3. The zero-order chi connectivity index (χ0) is 17.2. The molecule has 0 aromatic carbocycles. The molecular weight excluding hydrogens is 320 g/mol. The van der Waals surface area contributed by atoms with Crippen molar-refractivity contribution in [1.82, 2.24) is 19.5 Å². The molecule has 0 bridgehead atoms. The van der Waals surface area contributed by atoms with Crippen molar-refractivity contribution in [1.29, 1.82) is 0 Å². The molecule has 0 atom stereocenters. The lowest BCUT2D eigenvalue weighted by Crippen LogP contribution is -2.36. The van der Waals surface area contributed by atoms with Crippen molar-refractivity contribution in [3.05, 3.63) is 46.6 Å². The Labute approximate surface area is 144 Å². The summed E-state index contributed by atoms with van der Waals surface area (Å²) < 4.78 is 6.76. The van der Waals surface area contributed by atoms with E-state index in [0.717, 1.165) is 38.0 Å². The van der Waals surface area contributed by atoms with Gasteiger partial charge in [-0.2, -0.15) is 0 Å². The summed E-state index contributed by atoms with van der Waals surface area (Å²) in [4.78, 5) is 30.6. The van der Waals surface area contributed by atoms with E-state index in [-0.39, 0.29) is 11.5 Å². The van der Waals surface area contributed by atoms with Crippen molar-refractivity contribution in [3.8, 4) is 11.5 Å². The molecule has 7 heteroatoms. The van der Waals surface area contributed by atoms with E-state index in [1.54, 1.807) is 24.5 Å². The SMILES string of the molecule is O=C1CCCCN1CCCc1cc(=O)n2[nH]c(-c3ccco3)cc2n1. The summed E-state index contributed by atoms with van der Waals surface area (Å²) in [5.41, 5.74) is 1.89. The molecule has 4 rings (SSSR count). The molecule has 4 heterocycles. The average Bonchev–Trinajstić information content (AvgIpc) is 3.25. The maximum absolute atomic E-state index is 12.3. The Hall–Kier alpha value is -2.83. The minimum absolute atomic E-state index is 0.146. The molecule has 3 aromatic heterocycles. The second-order valence-corrected chi connectivity index (χ2v) is 6.37. The molecule has 25 heavy (non-hydrogen) atoms. The minimum Gasteiger partial charge on any atom is -0.463 e. The van der Waals surface area contributed by atoms with Crippen molar-refractivity contribution in [2.45, 2.75) is 32.1 Å². The summed E-state index contributed by atoms with van der Waals surface area (Å²) in [6.45, 7) is 1.57. The molecule has 0 radical (unpaired) electrons. The van der Waals surface area contributed by atoms with Crippen molar-refractivity contribution < 1.29 is 9.21 Å². The van der Waals surface area contributed by atoms with Gasteiger partial charge in [0.05, 0.1) is 6.26 Å². The molecule has 0 saturated carbocycles. The molecule has 1 N–H and O–H groups in total. The molecule has 0 unspecified atom stereocenters. The number of aromatic nitrogens is 3. The van der Waals surface area contributed by atoms with Crippen LogP contribution in [-0.4, -0.2) is 38.5 Å². The van der Waals surface area contributed by atoms with Gasteiger partial charge in [-0.15, -0.1) is 0 Å². The number of carbonyl (C=O) groups is 1. The van der Waals surface area contributed by atoms with E-state index in [2.05, 4.69) is 10.1 Å². The van der Waals surface area contributed by atoms with Crippen LogP contribution in [0, 0.1) is 0 Å². The molecule has 1 aliphatic heterocycles. The van der Waals surface area contributed by atoms with Crippen LogP contribution in [0.3, 0.4) is 0 Å². The number of aryl methyl sites for hydroxylation is 1. The van der Waals surface area contributed by atoms with Crippen LogP contribution in [0.5, 0.6) is 0 Å². The quantitative estimate of drug-likeness (QED) is 0.772. The molecule has 0 aliphatic carbocycles. The van der Waals surface area contributed by atoms with Crippen LogP contribution in [-0.2, 0) is 11.2 Å². The van der Waals surface area contributed by atoms with E-state index in [1.807, 2.05) is 11.0 Å². The molecule has 1 fully saturated rings. The number of hydrogen-bond acceptors (Lipinski definition) is 4. The lowest BCUT2D eigenvalue weighted by atomic mass is 10.1. The summed E-state index contributed by atoms with van der Waals surface area (Å²) in [6.07, 6.45) is 5.81. The van der Waals surface area contributed by atoms with E-state index in [4.69, 9.17) is 4.42 Å². The van der Waals surface area contributed by atoms with Crippen LogP contribution >= 0.6 is 0 Å². The zero-order valence-corrected chi connectivity index (χ0v) is 13.9. The molecule has 3 aromatic rings. The molecule has 1 aliphatic rings. The molecule has 0 spiro atoms. The summed E-state index contributed by atoms with van der Waals surface area (Å²) in [5, 5.41) is 3.00. The molecule has 130 valence electrons. The van der Waals surface area contributed by atoms with E-state index < -0.39 is 0 Å². The first-order valence-corrected chi connectivity index (χ1v) is 8.64. The number of carbonyl (C=O) groups excluding carboxylic acids is 1. The highest BCUT2D eigenvalue weighted by atomic mass is 16.3. The van der Waals surface area contributed by atoms with Crippen molar-refractivity contribution in [2.24, 2.45) is 0 Å². The molecule has 7 nitrogen and oxygen atoms in total. The van der Waals surface area contributed by atoms with Crippen molar-refractivity contribution >= 4 is 11.6 Å². The first-order chi connectivity index (χ1) is 12.2. The van der Waals surface area contributed by atoms with Gasteiger partial charge in [-0.25, -0.2) is 9.50 Å². The Morgan fingerprint density at radius 3 is 2.96 bits per heavy atom. The van der Waals surface area contributed by atoms with Crippen LogP contribution in [0.25, 0.3) is 17.1 Å². The number of furan rings is 1. The second kappa shape index (κ2) is 6.58. The van der Waals surface area contributed by atoms with Crippen LogP contribution in [0.2, 0.25) is 0 Å². The van der Waals surface area contributed by atoms with Gasteiger partial charge in [-0.1, -0.05) is 0 Å². The lowest BCUT2D eigenvalue weighted by molar-refractivity contribution is -0.133. The number of H-pyrrole nitrogens is 1. The Bertz CT molecular complexity index is 939. The number of nitrogens with zero attached hydrogens (tertiary/aromatic N) is 3. The monoisotopic (exact) mass is 340 g/mol. The zero-order valence-electron chi connectivity index (χ0n) is 13.9. The fraction of sp³-hybridized carbons (Fsp3) is 0.389. The van der Waals surface area contributed by atoms with E-state index in [1.165, 1.54) is 4.52 Å². The van der Waals surface area contributed by atoms with Gasteiger partial charge in [0.2, 0.25) is 5.91 Å². The molecule has 1 amide bonds. The number of fused-ring (bicyclic) bond motifs is 1. The van der Waals surface area contributed by atoms with E-state index in [0.29, 0.717) is 29.9 Å². The number of nitrogens with one attached hydrogen (secondary N) is 1. The van der Waals surface area contributed by atoms with Gasteiger partial charge in [0.1, 0.15) is 5.69 Å². The third kappa shape index (κ3) is 3.22. The van der Waals surface area contributed by atoms with Crippen LogP contribution in [0.4, 0.5) is 0 Å². The number of hydrogen-bond donors (Lipinski definition) is 1. The highest BCUT2D eigenvalue weighted by Gasteiger charge is 2.17. The van der Waals surface area contributed by atoms with Gasteiger partial charge in [0.25, 0.3) is 5.56 Å². The lowest BCUT2D eigenvalue weighted by Gasteiger charge is -2.26. The Balaban J connectivity index is 1.48. The minimum atomic E-state index is -0.146. The van der Waals surface area contributed by atoms with Crippen LogP contribution in [0.15, 0.2) is 39.7 Å². The summed E-state index contributed by atoms with van der Waals surface area (Å²) >= 11 is 0. The highest BCUT2D eigenvalue weighted by molar-refractivity contribution is 5.76. The van der Waals surface area contributed by atoms with Crippen LogP contribution in [0.1, 0.15) is 31.4 Å². The molecule has 1 saturated heterocycles. The maximum Gasteiger partial charge on any atom is 0.272 e. The van der Waals surface area contributed by atoms with Gasteiger partial charge in [0, 0.05) is 37.3 Å². The summed E-state index contributed by atoms with van der Waals surface area (Å²) in [7, 11) is 0. The third-order valence-electron chi connectivity index (χ3n) is 4.57. The van der Waals surface area contributed by atoms with Gasteiger partial charge >= 0.3 is 0 Å². The molecular formula is C18H20N4O3. The fourth-order valence-corrected chi connectivity index (χ4v) is 3.28. The normalized spacial score (nSPS) is 15.2. The fourth-order valence-electron chi connectivity index (χ4n) is 3.28. The first-order valence-electron chi connectivity index (χ1n) is 8.64. The third-order valence-corrected chi connectivity index (χ3v) is 4.57. The van der Waals surface area contributed by atoms with E-state index in [9.17, 15) is 9.59 Å². The number of rotatable bonds is 5. The Morgan fingerprint density at radius 2 is 2.16 bits per heavy atom. The Morgan fingerprint density at radius 1 is 1.24 bits per heavy atom. The number of amides is 1. The summed E-state index contributed by atoms with van der Waals surface area (Å²) in [5.74, 6) is 0.901. The number of likely N-dealkylation sites (tertiary alicyclic amines) is 1. The Kier molecular flexibility index (Phi) is 4.13. The second-order valence-electron chi connectivity index (χ2n) is 6.37. The van der Waals surface area contributed by atoms with Gasteiger partial charge in [-0.05, 0) is 37.8 Å². The standard InChI is InChI=1S/C18H20N4O3/c23-17-7-1-2-8-21(17)9-3-5-13-11-18(24)22-16(19-13)12-14(20-22)15-6-4-10-25-15/h4,6,10-12,20H,1-3,5,7-9H2. The highest BCUT2D eigenvalue weighted by Crippen LogP contribution is 2.18. The van der Waals surface area contributed by atoms with Gasteiger partial charge in [-0.3, -0.25) is 14.7 Å². The summed E-state index contributed by atoms with van der Waals surface area (Å²) in [6, 6.07) is 6.97. The first kappa shape index (κ1) is 15.7. The number of aromatic amines is 1. The average molecular weight is 340 g/mol. The van der Waals surface area contributed by atoms with Gasteiger partial charge < -0.3 is 9.32 Å². The van der Waals surface area contributed by atoms with Crippen LogP contribution < -0.4 is 5.56 Å². The largest absolute Gasteiger partial charge is 0.463 e. The van der Waals surface area contributed by atoms with E-state index >= 15 is 0 Å². The predicted molar refractivity (Wildman–Crippen MR) is 92.3 cm³/mol. The van der Waals surface area contributed by atoms with Crippen molar-refractivity contribution in [3.63, 3.8) is 0 Å². The topological polar surface area (TPSA) is 83.6 Å². The van der Waals surface area contributed by atoms with Gasteiger partial charge in [0.15, 0.2) is 11.4 Å².